The number of thioether (sulfide) groups is 1. The van der Waals surface area contributed by atoms with Crippen molar-refractivity contribution in [1.29, 1.82) is 0 Å². The molecule has 0 radical (unpaired) electrons. The Morgan fingerprint density at radius 2 is 2.53 bits per heavy atom. The van der Waals surface area contributed by atoms with Crippen molar-refractivity contribution in [2.45, 2.75) is 30.1 Å². The van der Waals surface area contributed by atoms with E-state index < -0.39 is 0 Å². The quantitative estimate of drug-likeness (QED) is 0.602. The SMILES string of the molecule is COC(=O)C(CSc1nccn1C)NC1CC1. The number of esters is 1. The first kappa shape index (κ1) is 12.4. The fourth-order valence-electron chi connectivity index (χ4n) is 1.51. The fourth-order valence-corrected chi connectivity index (χ4v) is 2.46. The van der Waals surface area contributed by atoms with Gasteiger partial charge in [-0.25, -0.2) is 4.98 Å². The third-order valence-electron chi connectivity index (χ3n) is 2.66. The van der Waals surface area contributed by atoms with Crippen LogP contribution in [0.4, 0.5) is 0 Å². The molecular formula is C11H17N3O2S. The molecule has 0 aliphatic heterocycles. The van der Waals surface area contributed by atoms with Crippen LogP contribution in [-0.2, 0) is 16.6 Å². The number of carbonyl (C=O) groups is 1. The number of carbonyl (C=O) groups excluding carboxylic acids is 1. The van der Waals surface area contributed by atoms with Crippen molar-refractivity contribution in [3.05, 3.63) is 12.4 Å². The Morgan fingerprint density at radius 1 is 1.76 bits per heavy atom. The lowest BCUT2D eigenvalue weighted by atomic mass is 10.3. The van der Waals surface area contributed by atoms with E-state index in [1.807, 2.05) is 17.8 Å². The maximum absolute atomic E-state index is 11.6. The van der Waals surface area contributed by atoms with Crippen LogP contribution in [0.15, 0.2) is 17.6 Å². The van der Waals surface area contributed by atoms with Gasteiger partial charge in [-0.1, -0.05) is 11.8 Å². The zero-order valence-corrected chi connectivity index (χ0v) is 10.9. The standard InChI is InChI=1S/C11H17N3O2S/c1-14-6-5-12-11(14)17-7-9(10(15)16-2)13-8-3-4-8/h5-6,8-9,13H,3-4,7H2,1-2H3. The zero-order valence-electron chi connectivity index (χ0n) is 10.0. The minimum atomic E-state index is -0.241. The molecule has 1 heterocycles. The summed E-state index contributed by atoms with van der Waals surface area (Å²) in [5.74, 6) is 0.451. The largest absolute Gasteiger partial charge is 0.468 e. The van der Waals surface area contributed by atoms with E-state index in [-0.39, 0.29) is 12.0 Å². The number of nitrogens with zero attached hydrogens (tertiary/aromatic N) is 2. The molecule has 1 unspecified atom stereocenters. The Kier molecular flexibility index (Phi) is 4.06. The maximum Gasteiger partial charge on any atom is 0.323 e. The first-order valence-corrected chi connectivity index (χ1v) is 6.63. The topological polar surface area (TPSA) is 56.1 Å². The first-order chi connectivity index (χ1) is 8.20. The van der Waals surface area contributed by atoms with Crippen molar-refractivity contribution in [3.8, 4) is 0 Å². The number of methoxy groups -OCH3 is 1. The van der Waals surface area contributed by atoms with Crippen LogP contribution in [-0.4, -0.2) is 40.5 Å². The van der Waals surface area contributed by atoms with Crippen molar-refractivity contribution >= 4 is 17.7 Å². The number of imidazole rings is 1. The molecule has 0 aromatic carbocycles. The molecule has 2 rings (SSSR count). The smallest absolute Gasteiger partial charge is 0.323 e. The second-order valence-electron chi connectivity index (χ2n) is 4.15. The number of hydrogen-bond donors (Lipinski definition) is 1. The summed E-state index contributed by atoms with van der Waals surface area (Å²) < 4.78 is 6.74. The van der Waals surface area contributed by atoms with E-state index in [0.717, 1.165) is 18.0 Å². The van der Waals surface area contributed by atoms with Crippen molar-refractivity contribution < 1.29 is 9.53 Å². The molecule has 1 saturated carbocycles. The van der Waals surface area contributed by atoms with E-state index in [1.54, 1.807) is 18.0 Å². The molecule has 1 aliphatic carbocycles. The average molecular weight is 255 g/mol. The lowest BCUT2D eigenvalue weighted by molar-refractivity contribution is -0.142. The summed E-state index contributed by atoms with van der Waals surface area (Å²) >= 11 is 1.56. The van der Waals surface area contributed by atoms with Gasteiger partial charge >= 0.3 is 5.97 Å². The summed E-state index contributed by atoms with van der Waals surface area (Å²) in [6, 6.07) is 0.246. The molecule has 1 N–H and O–H groups in total. The molecular weight excluding hydrogens is 238 g/mol. The van der Waals surface area contributed by atoms with Gasteiger partial charge in [0.25, 0.3) is 0 Å². The van der Waals surface area contributed by atoms with Gasteiger partial charge in [0.05, 0.1) is 7.11 Å². The lowest BCUT2D eigenvalue weighted by Crippen LogP contribution is -2.41. The Hall–Kier alpha value is -1.01. The van der Waals surface area contributed by atoms with Crippen molar-refractivity contribution in [3.63, 3.8) is 0 Å². The summed E-state index contributed by atoms with van der Waals surface area (Å²) in [4.78, 5) is 15.8. The number of nitrogens with one attached hydrogen (secondary N) is 1. The van der Waals surface area contributed by atoms with Crippen LogP contribution in [0, 0.1) is 0 Å². The Labute approximate surface area is 105 Å². The first-order valence-electron chi connectivity index (χ1n) is 5.64. The van der Waals surface area contributed by atoms with E-state index in [4.69, 9.17) is 4.74 Å². The molecule has 0 spiro atoms. The van der Waals surface area contributed by atoms with Crippen LogP contribution in [0.1, 0.15) is 12.8 Å². The molecule has 0 saturated heterocycles. The summed E-state index contributed by atoms with van der Waals surface area (Å²) in [6.45, 7) is 0. The van der Waals surface area contributed by atoms with Crippen LogP contribution in [0.3, 0.4) is 0 Å². The number of hydrogen-bond acceptors (Lipinski definition) is 5. The molecule has 5 nitrogen and oxygen atoms in total. The Morgan fingerprint density at radius 3 is 3.06 bits per heavy atom. The second-order valence-corrected chi connectivity index (χ2v) is 5.14. The fraction of sp³-hybridized carbons (Fsp3) is 0.636. The van der Waals surface area contributed by atoms with Gasteiger partial charge in [0.1, 0.15) is 6.04 Å². The highest BCUT2D eigenvalue weighted by Gasteiger charge is 2.29. The van der Waals surface area contributed by atoms with Gasteiger partial charge < -0.3 is 14.6 Å². The van der Waals surface area contributed by atoms with Gasteiger partial charge in [0, 0.05) is 31.2 Å². The molecule has 1 aromatic heterocycles. The predicted molar refractivity (Wildman–Crippen MR) is 65.9 cm³/mol. The lowest BCUT2D eigenvalue weighted by Gasteiger charge is -2.15. The van der Waals surface area contributed by atoms with Crippen LogP contribution in [0.5, 0.6) is 0 Å². The van der Waals surface area contributed by atoms with E-state index in [0.29, 0.717) is 11.8 Å². The van der Waals surface area contributed by atoms with Crippen LogP contribution < -0.4 is 5.32 Å². The van der Waals surface area contributed by atoms with E-state index in [2.05, 4.69) is 10.3 Å². The minimum Gasteiger partial charge on any atom is -0.468 e. The summed E-state index contributed by atoms with van der Waals surface area (Å²) in [5.41, 5.74) is 0. The van der Waals surface area contributed by atoms with Gasteiger partial charge in [-0.05, 0) is 12.8 Å². The number of rotatable bonds is 6. The van der Waals surface area contributed by atoms with Gasteiger partial charge in [0.15, 0.2) is 5.16 Å². The highest BCUT2D eigenvalue weighted by atomic mass is 32.2. The predicted octanol–water partition coefficient (Wildman–Crippen LogP) is 0.806. The van der Waals surface area contributed by atoms with Crippen LogP contribution in [0.2, 0.25) is 0 Å². The number of aryl methyl sites for hydroxylation is 1. The zero-order chi connectivity index (χ0) is 12.3. The number of aromatic nitrogens is 2. The van der Waals surface area contributed by atoms with Crippen molar-refractivity contribution in [1.82, 2.24) is 14.9 Å². The van der Waals surface area contributed by atoms with E-state index >= 15 is 0 Å². The van der Waals surface area contributed by atoms with Gasteiger partial charge in [-0.2, -0.15) is 0 Å². The highest BCUT2D eigenvalue weighted by molar-refractivity contribution is 7.99. The molecule has 6 heteroatoms. The maximum atomic E-state index is 11.6. The van der Waals surface area contributed by atoms with Crippen molar-refractivity contribution in [2.24, 2.45) is 7.05 Å². The van der Waals surface area contributed by atoms with Crippen molar-refractivity contribution in [2.75, 3.05) is 12.9 Å². The molecule has 1 fully saturated rings. The molecule has 0 amide bonds. The van der Waals surface area contributed by atoms with Gasteiger partial charge in [-0.15, -0.1) is 0 Å². The average Bonchev–Trinajstić information content (AvgIpc) is 3.06. The molecule has 94 valence electrons. The highest BCUT2D eigenvalue weighted by Crippen LogP contribution is 2.22. The molecule has 17 heavy (non-hydrogen) atoms. The number of ether oxygens (including phenoxy) is 1. The summed E-state index contributed by atoms with van der Waals surface area (Å²) in [7, 11) is 3.37. The third kappa shape index (κ3) is 3.47. The monoisotopic (exact) mass is 255 g/mol. The minimum absolute atomic E-state index is 0.196. The molecule has 0 bridgehead atoms. The van der Waals surface area contributed by atoms with Crippen LogP contribution in [0.25, 0.3) is 0 Å². The normalized spacial score (nSPS) is 16.8. The van der Waals surface area contributed by atoms with Gasteiger partial charge in [0.2, 0.25) is 0 Å². The Balaban J connectivity index is 1.88. The molecule has 1 aromatic rings. The summed E-state index contributed by atoms with van der Waals surface area (Å²) in [6.07, 6.45) is 5.95. The summed E-state index contributed by atoms with van der Waals surface area (Å²) in [5, 5.41) is 4.20. The molecule has 1 aliphatic rings. The van der Waals surface area contributed by atoms with Crippen LogP contribution >= 0.6 is 11.8 Å². The van der Waals surface area contributed by atoms with E-state index in [9.17, 15) is 4.79 Å². The second kappa shape index (κ2) is 5.55. The Bertz CT molecular complexity index is 390. The van der Waals surface area contributed by atoms with E-state index in [1.165, 1.54) is 7.11 Å². The van der Waals surface area contributed by atoms with Gasteiger partial charge in [-0.3, -0.25) is 4.79 Å². The third-order valence-corrected chi connectivity index (χ3v) is 3.81. The molecule has 1 atom stereocenters.